The summed E-state index contributed by atoms with van der Waals surface area (Å²) < 4.78 is 0. The standard InChI is InChI=1S/C17H28N4O2S/c1-16(2,3)12-11-24-13(20-12)10-19-15(23)21-17(14(22)18-4)8-6-5-7-9-17/h11H,5-10H2,1-4H3,(H,18,22)(H2,19,21,23). The second kappa shape index (κ2) is 7.51. The van der Waals surface area contributed by atoms with Crippen molar-refractivity contribution < 1.29 is 9.59 Å². The molecule has 2 rings (SSSR count). The van der Waals surface area contributed by atoms with Gasteiger partial charge in [0.05, 0.1) is 12.2 Å². The van der Waals surface area contributed by atoms with E-state index in [-0.39, 0.29) is 17.4 Å². The minimum atomic E-state index is -0.781. The summed E-state index contributed by atoms with van der Waals surface area (Å²) in [5, 5.41) is 11.3. The summed E-state index contributed by atoms with van der Waals surface area (Å²) in [5.41, 5.74) is 0.248. The third-order valence-corrected chi connectivity index (χ3v) is 5.29. The molecule has 0 aliphatic heterocycles. The van der Waals surface area contributed by atoms with Gasteiger partial charge >= 0.3 is 6.03 Å². The molecule has 0 radical (unpaired) electrons. The van der Waals surface area contributed by atoms with Crippen LogP contribution in [-0.4, -0.2) is 29.5 Å². The van der Waals surface area contributed by atoms with Crippen molar-refractivity contribution >= 4 is 23.3 Å². The van der Waals surface area contributed by atoms with E-state index in [2.05, 4.69) is 41.7 Å². The van der Waals surface area contributed by atoms with Crippen molar-refractivity contribution in [3.8, 4) is 0 Å². The van der Waals surface area contributed by atoms with E-state index in [1.54, 1.807) is 18.4 Å². The van der Waals surface area contributed by atoms with Gasteiger partial charge in [0.2, 0.25) is 5.91 Å². The average Bonchev–Trinajstić information content (AvgIpc) is 3.02. The second-order valence-electron chi connectivity index (χ2n) is 7.41. The van der Waals surface area contributed by atoms with Crippen LogP contribution in [0.5, 0.6) is 0 Å². The Labute approximate surface area is 147 Å². The molecule has 7 heteroatoms. The first-order valence-corrected chi connectivity index (χ1v) is 9.38. The number of amides is 3. The van der Waals surface area contributed by atoms with Gasteiger partial charge in [-0.3, -0.25) is 4.79 Å². The van der Waals surface area contributed by atoms with Gasteiger partial charge in [0.25, 0.3) is 0 Å². The molecule has 0 atom stereocenters. The van der Waals surface area contributed by atoms with Crippen LogP contribution in [0.3, 0.4) is 0 Å². The van der Waals surface area contributed by atoms with Crippen molar-refractivity contribution in [2.75, 3.05) is 7.05 Å². The predicted octanol–water partition coefficient (Wildman–Crippen LogP) is 2.69. The number of nitrogens with one attached hydrogen (secondary N) is 3. The van der Waals surface area contributed by atoms with E-state index in [1.165, 1.54) is 0 Å². The molecule has 1 aliphatic carbocycles. The Morgan fingerprint density at radius 2 is 1.92 bits per heavy atom. The average molecular weight is 353 g/mol. The number of aromatic nitrogens is 1. The van der Waals surface area contributed by atoms with Crippen LogP contribution in [0.4, 0.5) is 4.79 Å². The van der Waals surface area contributed by atoms with Crippen molar-refractivity contribution in [1.82, 2.24) is 20.9 Å². The molecule has 1 aromatic rings. The van der Waals surface area contributed by atoms with Crippen LogP contribution in [0.15, 0.2) is 5.38 Å². The number of hydrogen-bond acceptors (Lipinski definition) is 4. The van der Waals surface area contributed by atoms with Gasteiger partial charge in [-0.1, -0.05) is 40.0 Å². The quantitative estimate of drug-likeness (QED) is 0.779. The zero-order valence-corrected chi connectivity index (χ0v) is 15.8. The molecule has 0 unspecified atom stereocenters. The maximum Gasteiger partial charge on any atom is 0.316 e. The zero-order chi connectivity index (χ0) is 17.8. The lowest BCUT2D eigenvalue weighted by atomic mass is 9.81. The zero-order valence-electron chi connectivity index (χ0n) is 15.0. The maximum atomic E-state index is 12.3. The van der Waals surface area contributed by atoms with Crippen LogP contribution < -0.4 is 16.0 Å². The van der Waals surface area contributed by atoms with Crippen molar-refractivity contribution in [2.45, 2.75) is 70.4 Å². The summed E-state index contributed by atoms with van der Waals surface area (Å²) in [6, 6.07) is -0.312. The van der Waals surface area contributed by atoms with E-state index >= 15 is 0 Å². The molecule has 0 saturated heterocycles. The van der Waals surface area contributed by atoms with E-state index in [4.69, 9.17) is 0 Å². The maximum absolute atomic E-state index is 12.3. The number of thiazole rings is 1. The van der Waals surface area contributed by atoms with Crippen LogP contribution in [0.25, 0.3) is 0 Å². The first-order valence-electron chi connectivity index (χ1n) is 8.50. The minimum absolute atomic E-state index is 0.00236. The number of carbonyl (C=O) groups is 2. The number of rotatable bonds is 4. The SMILES string of the molecule is CNC(=O)C1(NC(=O)NCc2nc(C(C)(C)C)cs2)CCCCC1. The smallest absolute Gasteiger partial charge is 0.316 e. The van der Waals surface area contributed by atoms with Crippen molar-refractivity contribution in [3.05, 3.63) is 16.1 Å². The molecule has 1 fully saturated rings. The molecular weight excluding hydrogens is 324 g/mol. The highest BCUT2D eigenvalue weighted by molar-refractivity contribution is 7.09. The third-order valence-electron chi connectivity index (χ3n) is 4.44. The summed E-state index contributed by atoms with van der Waals surface area (Å²) in [7, 11) is 1.61. The third kappa shape index (κ3) is 4.47. The second-order valence-corrected chi connectivity index (χ2v) is 8.35. The Bertz CT molecular complexity index is 586. The molecule has 134 valence electrons. The Hall–Kier alpha value is -1.63. The van der Waals surface area contributed by atoms with Crippen LogP contribution >= 0.6 is 11.3 Å². The molecule has 24 heavy (non-hydrogen) atoms. The lowest BCUT2D eigenvalue weighted by molar-refractivity contribution is -0.128. The van der Waals surface area contributed by atoms with E-state index in [0.717, 1.165) is 30.0 Å². The molecule has 1 heterocycles. The van der Waals surface area contributed by atoms with Crippen molar-refractivity contribution in [2.24, 2.45) is 0 Å². The molecule has 1 aliphatic rings. The van der Waals surface area contributed by atoms with E-state index < -0.39 is 5.54 Å². The summed E-state index contributed by atoms with van der Waals surface area (Å²) >= 11 is 1.54. The van der Waals surface area contributed by atoms with Crippen LogP contribution in [0, 0.1) is 0 Å². The largest absolute Gasteiger partial charge is 0.357 e. The molecule has 0 bridgehead atoms. The van der Waals surface area contributed by atoms with Gasteiger partial charge in [0.15, 0.2) is 0 Å². The highest BCUT2D eigenvalue weighted by Crippen LogP contribution is 2.28. The lowest BCUT2D eigenvalue weighted by Gasteiger charge is -2.36. The van der Waals surface area contributed by atoms with E-state index in [9.17, 15) is 9.59 Å². The van der Waals surface area contributed by atoms with Gasteiger partial charge in [-0.25, -0.2) is 9.78 Å². The van der Waals surface area contributed by atoms with Crippen LogP contribution in [0.1, 0.15) is 63.6 Å². The first kappa shape index (κ1) is 18.7. The molecule has 1 aromatic heterocycles. The molecule has 0 aromatic carbocycles. The number of likely N-dealkylation sites (N-methyl/N-ethyl adjacent to an activating group) is 1. The molecule has 6 nitrogen and oxygen atoms in total. The number of urea groups is 1. The van der Waals surface area contributed by atoms with Gasteiger partial charge in [-0.15, -0.1) is 11.3 Å². The molecule has 3 amide bonds. The monoisotopic (exact) mass is 352 g/mol. The summed E-state index contributed by atoms with van der Waals surface area (Å²) in [5.74, 6) is -0.110. The Kier molecular flexibility index (Phi) is 5.85. The van der Waals surface area contributed by atoms with Crippen molar-refractivity contribution in [1.29, 1.82) is 0 Å². The Balaban J connectivity index is 1.94. The lowest BCUT2D eigenvalue weighted by Crippen LogP contribution is -2.60. The molecule has 0 spiro atoms. The van der Waals surface area contributed by atoms with Gasteiger partial charge in [-0.2, -0.15) is 0 Å². The molecule has 3 N–H and O–H groups in total. The minimum Gasteiger partial charge on any atom is -0.357 e. The molecular formula is C17H28N4O2S. The van der Waals surface area contributed by atoms with Crippen LogP contribution in [0.2, 0.25) is 0 Å². The highest BCUT2D eigenvalue weighted by atomic mass is 32.1. The normalized spacial score (nSPS) is 17.2. The fraction of sp³-hybridized carbons (Fsp3) is 0.706. The molecule has 1 saturated carbocycles. The Morgan fingerprint density at radius 3 is 2.46 bits per heavy atom. The summed E-state index contributed by atoms with van der Waals surface area (Å²) in [6.07, 6.45) is 4.39. The number of carbonyl (C=O) groups excluding carboxylic acids is 2. The Morgan fingerprint density at radius 1 is 1.25 bits per heavy atom. The number of nitrogens with zero attached hydrogens (tertiary/aromatic N) is 1. The van der Waals surface area contributed by atoms with Gasteiger partial charge < -0.3 is 16.0 Å². The van der Waals surface area contributed by atoms with Gasteiger partial charge in [0.1, 0.15) is 10.5 Å². The van der Waals surface area contributed by atoms with Gasteiger partial charge in [0, 0.05) is 17.8 Å². The highest BCUT2D eigenvalue weighted by Gasteiger charge is 2.40. The fourth-order valence-electron chi connectivity index (χ4n) is 2.96. The van der Waals surface area contributed by atoms with Gasteiger partial charge in [-0.05, 0) is 12.8 Å². The van der Waals surface area contributed by atoms with E-state index in [0.29, 0.717) is 19.4 Å². The predicted molar refractivity (Wildman–Crippen MR) is 96.1 cm³/mol. The summed E-state index contributed by atoms with van der Waals surface area (Å²) in [6.45, 7) is 6.71. The van der Waals surface area contributed by atoms with E-state index in [1.807, 2.05) is 5.38 Å². The first-order chi connectivity index (χ1) is 11.3. The van der Waals surface area contributed by atoms with Crippen molar-refractivity contribution in [3.63, 3.8) is 0 Å². The fourth-order valence-corrected chi connectivity index (χ4v) is 3.92. The number of hydrogen-bond donors (Lipinski definition) is 3. The summed E-state index contributed by atoms with van der Waals surface area (Å²) in [4.78, 5) is 29.1. The topological polar surface area (TPSA) is 83.1 Å². The van der Waals surface area contributed by atoms with Crippen LogP contribution in [-0.2, 0) is 16.8 Å².